The van der Waals surface area contributed by atoms with Gasteiger partial charge in [0.2, 0.25) is 0 Å². The Kier molecular flexibility index (Phi) is 6.90. The van der Waals surface area contributed by atoms with Crippen LogP contribution >= 0.6 is 0 Å². The summed E-state index contributed by atoms with van der Waals surface area (Å²) in [6.45, 7) is 4.25. The molecule has 0 radical (unpaired) electrons. The van der Waals surface area contributed by atoms with Gasteiger partial charge in [-0.25, -0.2) is 0 Å². The Morgan fingerprint density at radius 2 is 1.65 bits per heavy atom. The quantitative estimate of drug-likeness (QED) is 0.550. The minimum absolute atomic E-state index is 0.0980. The first kappa shape index (κ1) is 21.4. The third-order valence-electron chi connectivity index (χ3n) is 6.03. The lowest BCUT2D eigenvalue weighted by atomic mass is 9.84. The summed E-state index contributed by atoms with van der Waals surface area (Å²) in [6, 6.07) is 24.9. The van der Waals surface area contributed by atoms with E-state index in [0.717, 1.165) is 48.5 Å². The van der Waals surface area contributed by atoms with Crippen molar-refractivity contribution in [1.82, 2.24) is 5.32 Å². The second kappa shape index (κ2) is 9.99. The average Bonchev–Trinajstić information content (AvgIpc) is 2.80. The second-order valence-electron chi connectivity index (χ2n) is 8.24. The Balaban J connectivity index is 1.67. The van der Waals surface area contributed by atoms with E-state index in [4.69, 9.17) is 4.74 Å². The highest BCUT2D eigenvalue weighted by Gasteiger charge is 2.31. The van der Waals surface area contributed by atoms with Gasteiger partial charge in [-0.3, -0.25) is 0 Å². The van der Waals surface area contributed by atoms with E-state index in [-0.39, 0.29) is 6.04 Å². The molecule has 4 rings (SSSR count). The molecule has 2 atom stereocenters. The second-order valence-corrected chi connectivity index (χ2v) is 8.24. The molecule has 0 fully saturated rings. The number of nitrogens with zero attached hydrogens (tertiary/aromatic N) is 1. The van der Waals surface area contributed by atoms with E-state index in [1.165, 1.54) is 11.1 Å². The molecule has 4 nitrogen and oxygen atoms in total. The van der Waals surface area contributed by atoms with Crippen LogP contribution in [-0.4, -0.2) is 24.7 Å². The monoisotopic (exact) mass is 416 g/mol. The summed E-state index contributed by atoms with van der Waals surface area (Å²) in [5, 5.41) is 14.5. The van der Waals surface area contributed by atoms with Crippen molar-refractivity contribution in [3.63, 3.8) is 0 Å². The fraction of sp³-hybridized carbons (Fsp3) is 0.333. The molecule has 2 N–H and O–H groups in total. The van der Waals surface area contributed by atoms with E-state index in [0.29, 0.717) is 6.61 Å². The number of hydrogen-bond acceptors (Lipinski definition) is 4. The van der Waals surface area contributed by atoms with E-state index in [1.54, 1.807) is 0 Å². The third-order valence-corrected chi connectivity index (χ3v) is 6.03. The average molecular weight is 417 g/mol. The molecule has 3 aromatic rings. The van der Waals surface area contributed by atoms with Gasteiger partial charge in [0.1, 0.15) is 12.4 Å². The van der Waals surface area contributed by atoms with E-state index in [2.05, 4.69) is 60.6 Å². The van der Waals surface area contributed by atoms with Crippen molar-refractivity contribution in [3.8, 4) is 5.75 Å². The summed E-state index contributed by atoms with van der Waals surface area (Å²) >= 11 is 0. The number of likely N-dealkylation sites (N-methyl/N-ethyl adjacent to an activating group) is 1. The Hall–Kier alpha value is -2.82. The van der Waals surface area contributed by atoms with Crippen LogP contribution < -0.4 is 15.0 Å². The maximum Gasteiger partial charge on any atom is 0.143 e. The van der Waals surface area contributed by atoms with Gasteiger partial charge in [0.15, 0.2) is 0 Å². The number of nitrogens with one attached hydrogen (secondary N) is 1. The molecule has 2 unspecified atom stereocenters. The molecule has 0 spiro atoms. The Bertz CT molecular complexity index is 975. The van der Waals surface area contributed by atoms with Crippen LogP contribution in [-0.2, 0) is 19.6 Å². The first-order valence-corrected chi connectivity index (χ1v) is 11.2. The fourth-order valence-corrected chi connectivity index (χ4v) is 4.53. The number of fused-ring (bicyclic) bond motifs is 1. The molecule has 0 amide bonds. The standard InChI is InChI=1S/C27H32N2O2/c1-3-28-24-16-14-22-23(27(24)30)15-17-25(31-19-21-12-8-5-9-13-21)26(22)29(2)18-20-10-6-4-7-11-20/h4-13,15,17,24,27-28,30H,3,14,16,18-19H2,1-2H3. The lowest BCUT2D eigenvalue weighted by Gasteiger charge is -2.35. The molecule has 0 aliphatic heterocycles. The molecule has 31 heavy (non-hydrogen) atoms. The largest absolute Gasteiger partial charge is 0.487 e. The van der Waals surface area contributed by atoms with Crippen molar-refractivity contribution in [2.45, 2.75) is 45.1 Å². The maximum absolute atomic E-state index is 11.0. The third kappa shape index (κ3) is 4.92. The number of anilines is 1. The molecule has 0 bridgehead atoms. The smallest absolute Gasteiger partial charge is 0.143 e. The molecule has 1 aliphatic carbocycles. The van der Waals surface area contributed by atoms with Crippen molar-refractivity contribution >= 4 is 5.69 Å². The summed E-state index contributed by atoms with van der Waals surface area (Å²) in [7, 11) is 2.11. The fourth-order valence-electron chi connectivity index (χ4n) is 4.53. The lowest BCUT2D eigenvalue weighted by molar-refractivity contribution is 0.116. The normalized spacial score (nSPS) is 17.8. The summed E-state index contributed by atoms with van der Waals surface area (Å²) in [5.74, 6) is 0.870. The van der Waals surface area contributed by atoms with Crippen molar-refractivity contribution in [2.75, 3.05) is 18.5 Å². The Labute approximate surface area is 185 Å². The zero-order valence-electron chi connectivity index (χ0n) is 18.4. The first-order chi connectivity index (χ1) is 15.2. The Morgan fingerprint density at radius 3 is 2.32 bits per heavy atom. The van der Waals surface area contributed by atoms with Gasteiger partial charge in [0.05, 0.1) is 11.8 Å². The molecule has 4 heteroatoms. The van der Waals surface area contributed by atoms with E-state index < -0.39 is 6.10 Å². The zero-order valence-corrected chi connectivity index (χ0v) is 18.4. The summed E-state index contributed by atoms with van der Waals surface area (Å²) in [5.41, 5.74) is 5.69. The maximum atomic E-state index is 11.0. The van der Waals surface area contributed by atoms with Gasteiger partial charge in [0.25, 0.3) is 0 Å². The SMILES string of the molecule is CCNC1CCc2c(ccc(OCc3ccccc3)c2N(C)Cc2ccccc2)C1O. The topological polar surface area (TPSA) is 44.7 Å². The summed E-state index contributed by atoms with van der Waals surface area (Å²) in [4.78, 5) is 2.26. The van der Waals surface area contributed by atoms with Crippen LogP contribution in [0.25, 0.3) is 0 Å². The van der Waals surface area contributed by atoms with Crippen LogP contribution in [0, 0.1) is 0 Å². The minimum atomic E-state index is -0.504. The Morgan fingerprint density at radius 1 is 0.968 bits per heavy atom. The van der Waals surface area contributed by atoms with Crippen LogP contribution in [0.15, 0.2) is 72.8 Å². The van der Waals surface area contributed by atoms with Gasteiger partial charge in [0, 0.05) is 19.6 Å². The minimum Gasteiger partial charge on any atom is -0.487 e. The molecule has 162 valence electrons. The molecule has 0 aromatic heterocycles. The van der Waals surface area contributed by atoms with Crippen molar-refractivity contribution < 1.29 is 9.84 Å². The predicted octanol–water partition coefficient (Wildman–Crippen LogP) is 4.86. The molecule has 0 saturated heterocycles. The lowest BCUT2D eigenvalue weighted by Crippen LogP contribution is -2.38. The molecular formula is C27H32N2O2. The van der Waals surface area contributed by atoms with Crippen LogP contribution in [0.3, 0.4) is 0 Å². The van der Waals surface area contributed by atoms with Crippen molar-refractivity contribution in [2.24, 2.45) is 0 Å². The van der Waals surface area contributed by atoms with E-state index in [9.17, 15) is 5.11 Å². The van der Waals surface area contributed by atoms with Gasteiger partial charge in [-0.1, -0.05) is 73.7 Å². The highest BCUT2D eigenvalue weighted by atomic mass is 16.5. The van der Waals surface area contributed by atoms with E-state index in [1.807, 2.05) is 36.4 Å². The number of aliphatic hydroxyl groups excluding tert-OH is 1. The number of rotatable bonds is 8. The summed E-state index contributed by atoms with van der Waals surface area (Å²) < 4.78 is 6.32. The van der Waals surface area contributed by atoms with Gasteiger partial charge in [-0.2, -0.15) is 0 Å². The molecular weight excluding hydrogens is 384 g/mol. The molecule has 0 heterocycles. The van der Waals surface area contributed by atoms with Crippen molar-refractivity contribution in [3.05, 3.63) is 95.1 Å². The van der Waals surface area contributed by atoms with Crippen LogP contribution in [0.5, 0.6) is 5.75 Å². The van der Waals surface area contributed by atoms with Crippen LogP contribution in [0.2, 0.25) is 0 Å². The van der Waals surface area contributed by atoms with Gasteiger partial charge in [-0.05, 0) is 47.7 Å². The van der Waals surface area contributed by atoms with Gasteiger partial charge in [-0.15, -0.1) is 0 Å². The van der Waals surface area contributed by atoms with Gasteiger partial charge < -0.3 is 20.1 Å². The number of aliphatic hydroxyl groups is 1. The highest BCUT2D eigenvalue weighted by molar-refractivity contribution is 5.67. The summed E-state index contributed by atoms with van der Waals surface area (Å²) in [6.07, 6.45) is 1.33. The first-order valence-electron chi connectivity index (χ1n) is 11.2. The number of ether oxygens (including phenoxy) is 1. The molecule has 1 aliphatic rings. The van der Waals surface area contributed by atoms with Crippen LogP contribution in [0.4, 0.5) is 5.69 Å². The number of benzene rings is 3. The van der Waals surface area contributed by atoms with Crippen molar-refractivity contribution in [1.29, 1.82) is 0 Å². The molecule has 0 saturated carbocycles. The van der Waals surface area contributed by atoms with Crippen LogP contribution in [0.1, 0.15) is 41.7 Å². The predicted molar refractivity (Wildman–Crippen MR) is 127 cm³/mol. The molecule has 3 aromatic carbocycles. The zero-order chi connectivity index (χ0) is 21.6. The highest BCUT2D eigenvalue weighted by Crippen LogP contribution is 2.42. The number of hydrogen-bond donors (Lipinski definition) is 2. The van der Waals surface area contributed by atoms with E-state index >= 15 is 0 Å². The van der Waals surface area contributed by atoms with Gasteiger partial charge >= 0.3 is 0 Å².